The van der Waals surface area contributed by atoms with Crippen LogP contribution in [0.15, 0.2) is 35.6 Å². The van der Waals surface area contributed by atoms with Crippen LogP contribution < -0.4 is 4.74 Å². The van der Waals surface area contributed by atoms with Crippen molar-refractivity contribution in [2.75, 3.05) is 7.11 Å². The van der Waals surface area contributed by atoms with Crippen LogP contribution in [-0.2, 0) is 22.7 Å². The lowest BCUT2D eigenvalue weighted by Crippen LogP contribution is -2.04. The minimum atomic E-state index is -4.44. The molecule has 0 aliphatic rings. The second-order valence-electron chi connectivity index (χ2n) is 5.35. The number of ether oxygens (including phenoxy) is 1. The van der Waals surface area contributed by atoms with E-state index >= 15 is 0 Å². The fourth-order valence-electron chi connectivity index (χ4n) is 2.39. The highest BCUT2D eigenvalue weighted by molar-refractivity contribution is 7.84. The molecule has 0 aliphatic heterocycles. The maximum absolute atomic E-state index is 12.8. The van der Waals surface area contributed by atoms with Gasteiger partial charge in [0.2, 0.25) is 0 Å². The summed E-state index contributed by atoms with van der Waals surface area (Å²) in [5.41, 5.74) is 1.06. The predicted octanol–water partition coefficient (Wildman–Crippen LogP) is 3.60. The molecule has 9 heteroatoms. The first-order valence-electron chi connectivity index (χ1n) is 7.23. The maximum atomic E-state index is 12.8. The van der Waals surface area contributed by atoms with Crippen LogP contribution in [-0.4, -0.2) is 26.3 Å². The zero-order valence-corrected chi connectivity index (χ0v) is 14.2. The number of aromatic amines is 1. The number of rotatable bonds is 4. The number of pyridine rings is 1. The SMILES string of the molecule is COc1ccnc(C[S@@](=O)c2nc3ccc(C(F)(F)F)cc3[nH]2)c1C. The maximum Gasteiger partial charge on any atom is 0.416 e. The van der Waals surface area contributed by atoms with Crippen LogP contribution in [0.3, 0.4) is 0 Å². The molecule has 0 saturated carbocycles. The summed E-state index contributed by atoms with van der Waals surface area (Å²) in [7, 11) is -0.0530. The molecule has 3 aromatic rings. The summed E-state index contributed by atoms with van der Waals surface area (Å²) < 4.78 is 56.0. The molecule has 1 aromatic carbocycles. The molecule has 3 rings (SSSR count). The van der Waals surface area contributed by atoms with Gasteiger partial charge in [-0.3, -0.25) is 9.19 Å². The molecular formula is C16H14F3N3O2S. The van der Waals surface area contributed by atoms with E-state index in [1.165, 1.54) is 13.2 Å². The van der Waals surface area contributed by atoms with Gasteiger partial charge in [-0.25, -0.2) is 4.98 Å². The Labute approximate surface area is 143 Å². The lowest BCUT2D eigenvalue weighted by atomic mass is 10.2. The van der Waals surface area contributed by atoms with E-state index in [4.69, 9.17) is 4.74 Å². The van der Waals surface area contributed by atoms with Crippen molar-refractivity contribution >= 4 is 21.8 Å². The Hall–Kier alpha value is -2.42. The minimum Gasteiger partial charge on any atom is -0.496 e. The van der Waals surface area contributed by atoms with Crippen molar-refractivity contribution in [1.82, 2.24) is 15.0 Å². The summed E-state index contributed by atoms with van der Waals surface area (Å²) >= 11 is 0. The predicted molar refractivity (Wildman–Crippen MR) is 86.7 cm³/mol. The third kappa shape index (κ3) is 3.51. The fourth-order valence-corrected chi connectivity index (χ4v) is 3.49. The molecule has 0 bridgehead atoms. The second kappa shape index (κ2) is 6.47. The average molecular weight is 369 g/mol. The number of halogens is 3. The van der Waals surface area contributed by atoms with Gasteiger partial charge in [0.25, 0.3) is 0 Å². The van der Waals surface area contributed by atoms with Gasteiger partial charge in [0.05, 0.1) is 46.0 Å². The molecule has 0 fully saturated rings. The van der Waals surface area contributed by atoms with Gasteiger partial charge in [-0.1, -0.05) is 0 Å². The molecule has 0 spiro atoms. The Kier molecular flexibility index (Phi) is 4.51. The molecule has 132 valence electrons. The first-order chi connectivity index (χ1) is 11.8. The molecule has 5 nitrogen and oxygen atoms in total. The number of hydrogen-bond donors (Lipinski definition) is 1. The highest BCUT2D eigenvalue weighted by Crippen LogP contribution is 2.31. The summed E-state index contributed by atoms with van der Waals surface area (Å²) in [6.07, 6.45) is -2.90. The summed E-state index contributed by atoms with van der Waals surface area (Å²) in [4.78, 5) is 11.0. The Balaban J connectivity index is 1.90. The van der Waals surface area contributed by atoms with Crippen LogP contribution in [0.2, 0.25) is 0 Å². The van der Waals surface area contributed by atoms with Gasteiger partial charge in [0.15, 0.2) is 5.16 Å². The molecule has 0 amide bonds. The zero-order valence-electron chi connectivity index (χ0n) is 13.3. The van der Waals surface area contributed by atoms with E-state index in [1.807, 2.05) is 0 Å². The van der Waals surface area contributed by atoms with Crippen molar-refractivity contribution in [2.45, 2.75) is 24.0 Å². The lowest BCUT2D eigenvalue weighted by molar-refractivity contribution is -0.137. The smallest absolute Gasteiger partial charge is 0.416 e. The van der Waals surface area contributed by atoms with Crippen LogP contribution in [0.5, 0.6) is 5.75 Å². The minimum absolute atomic E-state index is 0.0784. The number of aromatic nitrogens is 3. The number of hydrogen-bond acceptors (Lipinski definition) is 4. The quantitative estimate of drug-likeness (QED) is 0.763. The molecule has 2 heterocycles. The molecule has 1 atom stereocenters. The van der Waals surface area contributed by atoms with Crippen LogP contribution in [0.25, 0.3) is 11.0 Å². The highest BCUT2D eigenvalue weighted by atomic mass is 32.2. The van der Waals surface area contributed by atoms with Gasteiger partial charge >= 0.3 is 6.18 Å². The Morgan fingerprint density at radius 2 is 2.04 bits per heavy atom. The summed E-state index contributed by atoms with van der Waals surface area (Å²) in [5, 5.41) is 0.110. The van der Waals surface area contributed by atoms with E-state index in [2.05, 4.69) is 15.0 Å². The molecule has 0 aliphatic carbocycles. The number of methoxy groups -OCH3 is 1. The first kappa shape index (κ1) is 17.4. The molecule has 0 saturated heterocycles. The topological polar surface area (TPSA) is 67.9 Å². The molecular weight excluding hydrogens is 355 g/mol. The number of nitrogens with zero attached hydrogens (tertiary/aromatic N) is 2. The van der Waals surface area contributed by atoms with Gasteiger partial charge in [0, 0.05) is 11.8 Å². The third-order valence-electron chi connectivity index (χ3n) is 3.75. The fraction of sp³-hybridized carbons (Fsp3) is 0.250. The summed E-state index contributed by atoms with van der Waals surface area (Å²) in [5.74, 6) is 0.705. The summed E-state index contributed by atoms with van der Waals surface area (Å²) in [6, 6.07) is 4.85. The van der Waals surface area contributed by atoms with Gasteiger partial charge in [-0.05, 0) is 31.2 Å². The van der Waals surface area contributed by atoms with Crippen molar-refractivity contribution in [2.24, 2.45) is 0 Å². The highest BCUT2D eigenvalue weighted by Gasteiger charge is 2.30. The molecule has 0 radical (unpaired) electrons. The van der Waals surface area contributed by atoms with E-state index in [1.54, 1.807) is 19.2 Å². The van der Waals surface area contributed by atoms with E-state index in [-0.39, 0.29) is 16.4 Å². The molecule has 0 unspecified atom stereocenters. The lowest BCUT2D eigenvalue weighted by Gasteiger charge is -2.08. The normalized spacial score (nSPS) is 13.2. The van der Waals surface area contributed by atoms with Crippen LogP contribution >= 0.6 is 0 Å². The molecule has 25 heavy (non-hydrogen) atoms. The Bertz CT molecular complexity index is 953. The van der Waals surface area contributed by atoms with E-state index in [9.17, 15) is 17.4 Å². The number of imidazole rings is 1. The van der Waals surface area contributed by atoms with Crippen molar-refractivity contribution in [3.05, 3.63) is 47.3 Å². The number of nitrogens with one attached hydrogen (secondary N) is 1. The number of fused-ring (bicyclic) bond motifs is 1. The van der Waals surface area contributed by atoms with Crippen molar-refractivity contribution in [1.29, 1.82) is 0 Å². The standard InChI is InChI=1S/C16H14F3N3O2S/c1-9-13(20-6-5-14(9)24-2)8-25(23)15-21-11-4-3-10(16(17,18)19)7-12(11)22-15/h3-7H,8H2,1-2H3,(H,21,22)/t25-/m1/s1. The van der Waals surface area contributed by atoms with Crippen molar-refractivity contribution in [3.63, 3.8) is 0 Å². The molecule has 1 N–H and O–H groups in total. The van der Waals surface area contributed by atoms with Gasteiger partial charge in [-0.15, -0.1) is 0 Å². The Morgan fingerprint density at radius 1 is 1.28 bits per heavy atom. The van der Waals surface area contributed by atoms with Gasteiger partial charge in [-0.2, -0.15) is 13.2 Å². The monoisotopic (exact) mass is 369 g/mol. The number of benzene rings is 1. The number of H-pyrrole nitrogens is 1. The van der Waals surface area contributed by atoms with Crippen molar-refractivity contribution in [3.8, 4) is 5.75 Å². The second-order valence-corrected chi connectivity index (χ2v) is 6.71. The van der Waals surface area contributed by atoms with Crippen LogP contribution in [0, 0.1) is 6.92 Å². The summed E-state index contributed by atoms with van der Waals surface area (Å²) in [6.45, 7) is 1.80. The van der Waals surface area contributed by atoms with Gasteiger partial charge < -0.3 is 9.72 Å². The van der Waals surface area contributed by atoms with Crippen molar-refractivity contribution < 1.29 is 22.1 Å². The van der Waals surface area contributed by atoms with E-state index < -0.39 is 22.5 Å². The first-order valence-corrected chi connectivity index (χ1v) is 8.55. The van der Waals surface area contributed by atoms with E-state index in [0.717, 1.165) is 17.7 Å². The van der Waals surface area contributed by atoms with Gasteiger partial charge in [0.1, 0.15) is 5.75 Å². The third-order valence-corrected chi connectivity index (χ3v) is 4.91. The van der Waals surface area contributed by atoms with Crippen LogP contribution in [0.1, 0.15) is 16.8 Å². The van der Waals surface area contributed by atoms with Crippen LogP contribution in [0.4, 0.5) is 13.2 Å². The van der Waals surface area contributed by atoms with E-state index in [0.29, 0.717) is 17.0 Å². The number of alkyl halides is 3. The molecule has 2 aromatic heterocycles. The Morgan fingerprint density at radius 3 is 2.72 bits per heavy atom. The zero-order chi connectivity index (χ0) is 18.2. The average Bonchev–Trinajstić information content (AvgIpc) is 2.99. The largest absolute Gasteiger partial charge is 0.496 e.